The number of hydrogen-bond donors (Lipinski definition) is 1. The lowest BCUT2D eigenvalue weighted by Gasteiger charge is -2.22. The first-order chi connectivity index (χ1) is 8.26. The first-order valence-electron chi connectivity index (χ1n) is 5.97. The predicted molar refractivity (Wildman–Crippen MR) is 74.2 cm³/mol. The molecule has 0 bridgehead atoms. The van der Waals surface area contributed by atoms with Gasteiger partial charge < -0.3 is 15.4 Å². The average molecular weight is 299 g/mol. The molecule has 1 atom stereocenters. The average Bonchev–Trinajstić information content (AvgIpc) is 2.78. The Hall–Kier alpha value is -0.580. The highest BCUT2D eigenvalue weighted by atomic mass is 79.9. The molecule has 2 rings (SSSR count). The Morgan fingerprint density at radius 2 is 2.35 bits per heavy atom. The molecule has 0 aromatic heterocycles. The Kier molecular flexibility index (Phi) is 4.42. The molecule has 1 fully saturated rings. The lowest BCUT2D eigenvalue weighted by Crippen LogP contribution is -2.23. The molecule has 0 saturated carbocycles. The minimum Gasteiger partial charge on any atom is -0.384 e. The summed E-state index contributed by atoms with van der Waals surface area (Å²) in [6, 6.07) is 6.28. The van der Waals surface area contributed by atoms with E-state index in [1.807, 2.05) is 0 Å². The fourth-order valence-electron chi connectivity index (χ4n) is 2.47. The number of ether oxygens (including phenoxy) is 1. The van der Waals surface area contributed by atoms with Gasteiger partial charge in [-0.05, 0) is 18.6 Å². The summed E-state index contributed by atoms with van der Waals surface area (Å²) in [4.78, 5) is 2.41. The standard InChI is InChI=1S/C13H19BrN2O/c1-17-9-10-5-6-16(8-10)13-4-2-3-12(14)11(13)7-15/h2-4,10H,5-9,15H2,1H3. The first-order valence-corrected chi connectivity index (χ1v) is 6.77. The van der Waals surface area contributed by atoms with E-state index in [4.69, 9.17) is 10.5 Å². The largest absolute Gasteiger partial charge is 0.384 e. The second-order valence-electron chi connectivity index (χ2n) is 4.50. The van der Waals surface area contributed by atoms with Crippen LogP contribution in [0.15, 0.2) is 22.7 Å². The molecule has 0 amide bonds. The monoisotopic (exact) mass is 298 g/mol. The zero-order valence-corrected chi connectivity index (χ0v) is 11.7. The smallest absolute Gasteiger partial charge is 0.0508 e. The van der Waals surface area contributed by atoms with Crippen LogP contribution in [0, 0.1) is 5.92 Å². The molecule has 1 saturated heterocycles. The third-order valence-corrected chi connectivity index (χ3v) is 4.07. The topological polar surface area (TPSA) is 38.5 Å². The number of nitrogens with zero attached hydrogens (tertiary/aromatic N) is 1. The fourth-order valence-corrected chi connectivity index (χ4v) is 2.99. The number of halogens is 1. The Balaban J connectivity index is 2.15. The molecule has 4 heteroatoms. The van der Waals surface area contributed by atoms with Crippen molar-refractivity contribution in [1.29, 1.82) is 0 Å². The molecule has 2 N–H and O–H groups in total. The number of rotatable bonds is 4. The molecule has 17 heavy (non-hydrogen) atoms. The maximum absolute atomic E-state index is 5.83. The second kappa shape index (κ2) is 5.85. The van der Waals surface area contributed by atoms with Crippen LogP contribution >= 0.6 is 15.9 Å². The van der Waals surface area contributed by atoms with Gasteiger partial charge in [0.2, 0.25) is 0 Å². The zero-order valence-electron chi connectivity index (χ0n) is 10.2. The van der Waals surface area contributed by atoms with Crippen molar-refractivity contribution in [2.45, 2.75) is 13.0 Å². The second-order valence-corrected chi connectivity index (χ2v) is 5.35. The Morgan fingerprint density at radius 3 is 3.06 bits per heavy atom. The summed E-state index contributed by atoms with van der Waals surface area (Å²) >= 11 is 3.57. The van der Waals surface area contributed by atoms with Crippen LogP contribution in [0.3, 0.4) is 0 Å². The van der Waals surface area contributed by atoms with E-state index in [1.165, 1.54) is 17.7 Å². The SMILES string of the molecule is COCC1CCN(c2cccc(Br)c2CN)C1. The van der Waals surface area contributed by atoms with Gasteiger partial charge in [0.1, 0.15) is 0 Å². The van der Waals surface area contributed by atoms with E-state index in [0.717, 1.165) is 24.2 Å². The van der Waals surface area contributed by atoms with E-state index in [2.05, 4.69) is 39.0 Å². The van der Waals surface area contributed by atoms with Gasteiger partial charge in [0.25, 0.3) is 0 Å². The third kappa shape index (κ3) is 2.81. The summed E-state index contributed by atoms with van der Waals surface area (Å²) in [5, 5.41) is 0. The predicted octanol–water partition coefficient (Wildman–Crippen LogP) is 2.38. The summed E-state index contributed by atoms with van der Waals surface area (Å²) in [6.07, 6.45) is 1.20. The molecule has 94 valence electrons. The van der Waals surface area contributed by atoms with Gasteiger partial charge in [0, 0.05) is 48.4 Å². The van der Waals surface area contributed by atoms with Gasteiger partial charge >= 0.3 is 0 Å². The number of hydrogen-bond acceptors (Lipinski definition) is 3. The van der Waals surface area contributed by atoms with E-state index in [0.29, 0.717) is 12.5 Å². The van der Waals surface area contributed by atoms with Crippen molar-refractivity contribution in [3.63, 3.8) is 0 Å². The molecular formula is C13H19BrN2O. The molecule has 0 aliphatic carbocycles. The van der Waals surface area contributed by atoms with Crippen LogP contribution in [0.2, 0.25) is 0 Å². The molecule has 1 aliphatic heterocycles. The van der Waals surface area contributed by atoms with E-state index in [9.17, 15) is 0 Å². The van der Waals surface area contributed by atoms with Crippen LogP contribution in [0.5, 0.6) is 0 Å². The first kappa shape index (κ1) is 12.9. The number of nitrogens with two attached hydrogens (primary N) is 1. The summed E-state index contributed by atoms with van der Waals surface area (Å²) in [5.74, 6) is 0.643. The van der Waals surface area contributed by atoms with E-state index in [-0.39, 0.29) is 0 Å². The normalized spacial score (nSPS) is 19.9. The van der Waals surface area contributed by atoms with Crippen molar-refractivity contribution < 1.29 is 4.74 Å². The highest BCUT2D eigenvalue weighted by molar-refractivity contribution is 9.10. The summed E-state index contributed by atoms with van der Waals surface area (Å²) < 4.78 is 6.33. The maximum atomic E-state index is 5.83. The van der Waals surface area contributed by atoms with E-state index < -0.39 is 0 Å². The van der Waals surface area contributed by atoms with Crippen LogP contribution in [0.25, 0.3) is 0 Å². The summed E-state index contributed by atoms with van der Waals surface area (Å²) in [5.41, 5.74) is 8.29. The maximum Gasteiger partial charge on any atom is 0.0508 e. The molecule has 0 radical (unpaired) electrons. The van der Waals surface area contributed by atoms with Crippen molar-refractivity contribution in [3.8, 4) is 0 Å². The van der Waals surface area contributed by atoms with Crippen molar-refractivity contribution in [2.75, 3.05) is 31.7 Å². The van der Waals surface area contributed by atoms with Crippen LogP contribution in [-0.4, -0.2) is 26.8 Å². The van der Waals surface area contributed by atoms with Crippen molar-refractivity contribution in [3.05, 3.63) is 28.2 Å². The van der Waals surface area contributed by atoms with Gasteiger partial charge in [-0.2, -0.15) is 0 Å². The third-order valence-electron chi connectivity index (χ3n) is 3.33. The molecule has 0 spiro atoms. The number of benzene rings is 1. The molecule has 1 aromatic rings. The molecule has 3 nitrogen and oxygen atoms in total. The number of methoxy groups -OCH3 is 1. The molecule has 1 heterocycles. The summed E-state index contributed by atoms with van der Waals surface area (Å²) in [6.45, 7) is 3.58. The van der Waals surface area contributed by atoms with Crippen LogP contribution in [-0.2, 0) is 11.3 Å². The minimum atomic E-state index is 0.572. The molecule has 1 unspecified atom stereocenters. The zero-order chi connectivity index (χ0) is 12.3. The van der Waals surface area contributed by atoms with Gasteiger partial charge in [-0.3, -0.25) is 0 Å². The van der Waals surface area contributed by atoms with Gasteiger partial charge in [0.15, 0.2) is 0 Å². The van der Waals surface area contributed by atoms with Gasteiger partial charge in [-0.25, -0.2) is 0 Å². The van der Waals surface area contributed by atoms with E-state index in [1.54, 1.807) is 7.11 Å². The quantitative estimate of drug-likeness (QED) is 0.927. The number of anilines is 1. The highest BCUT2D eigenvalue weighted by Gasteiger charge is 2.24. The van der Waals surface area contributed by atoms with Gasteiger partial charge in [0.05, 0.1) is 6.61 Å². The van der Waals surface area contributed by atoms with Crippen LogP contribution in [0.4, 0.5) is 5.69 Å². The van der Waals surface area contributed by atoms with Crippen molar-refractivity contribution >= 4 is 21.6 Å². The van der Waals surface area contributed by atoms with Gasteiger partial charge in [-0.1, -0.05) is 22.0 Å². The van der Waals surface area contributed by atoms with Crippen LogP contribution in [0.1, 0.15) is 12.0 Å². The van der Waals surface area contributed by atoms with Gasteiger partial charge in [-0.15, -0.1) is 0 Å². The molecule has 1 aromatic carbocycles. The van der Waals surface area contributed by atoms with Crippen molar-refractivity contribution in [2.24, 2.45) is 11.7 Å². The Morgan fingerprint density at radius 1 is 1.53 bits per heavy atom. The molecular weight excluding hydrogens is 280 g/mol. The lowest BCUT2D eigenvalue weighted by atomic mass is 10.1. The Labute approximate surface area is 111 Å². The van der Waals surface area contributed by atoms with Crippen LogP contribution < -0.4 is 10.6 Å². The minimum absolute atomic E-state index is 0.572. The lowest BCUT2D eigenvalue weighted by molar-refractivity contribution is 0.161. The Bertz CT molecular complexity index is 384. The highest BCUT2D eigenvalue weighted by Crippen LogP contribution is 2.31. The molecule has 1 aliphatic rings. The van der Waals surface area contributed by atoms with E-state index >= 15 is 0 Å². The van der Waals surface area contributed by atoms with Crippen molar-refractivity contribution in [1.82, 2.24) is 0 Å². The summed E-state index contributed by atoms with van der Waals surface area (Å²) in [7, 11) is 1.77. The fraction of sp³-hybridized carbons (Fsp3) is 0.538.